The lowest BCUT2D eigenvalue weighted by atomic mass is 9.95. The number of benzene rings is 1. The number of ether oxygens (including phenoxy) is 2. The largest absolute Gasteiger partial charge is 0.493 e. The van der Waals surface area contributed by atoms with Crippen molar-refractivity contribution in [3.05, 3.63) is 56.9 Å². The van der Waals surface area contributed by atoms with Gasteiger partial charge in [0.25, 0.3) is 5.56 Å². The van der Waals surface area contributed by atoms with Gasteiger partial charge >= 0.3 is 0 Å². The van der Waals surface area contributed by atoms with Gasteiger partial charge in [0.15, 0.2) is 11.5 Å². The molecule has 29 heavy (non-hydrogen) atoms. The van der Waals surface area contributed by atoms with Crippen LogP contribution in [0.3, 0.4) is 0 Å². The number of aryl methyl sites for hydroxylation is 1. The van der Waals surface area contributed by atoms with Gasteiger partial charge < -0.3 is 18.9 Å². The van der Waals surface area contributed by atoms with E-state index in [-0.39, 0.29) is 24.1 Å². The Bertz CT molecular complexity index is 912. The summed E-state index contributed by atoms with van der Waals surface area (Å²) in [6.45, 7) is 0.823. The number of aromatic nitrogens is 1. The van der Waals surface area contributed by atoms with Gasteiger partial charge in [0, 0.05) is 29.3 Å². The summed E-state index contributed by atoms with van der Waals surface area (Å²) in [5.41, 5.74) is 0.990. The molecule has 1 fully saturated rings. The number of hydrogen-bond acceptors (Lipinski definition) is 4. The number of rotatable bonds is 7. The molecule has 2 aromatic rings. The van der Waals surface area contributed by atoms with Crippen molar-refractivity contribution in [2.24, 2.45) is 0 Å². The molecule has 1 amide bonds. The van der Waals surface area contributed by atoms with Crippen molar-refractivity contribution in [2.45, 2.75) is 44.7 Å². The molecule has 3 rings (SSSR count). The van der Waals surface area contributed by atoms with E-state index >= 15 is 0 Å². The van der Waals surface area contributed by atoms with E-state index in [2.05, 4.69) is 15.9 Å². The highest BCUT2D eigenvalue weighted by atomic mass is 79.9. The van der Waals surface area contributed by atoms with Gasteiger partial charge in [-0.1, -0.05) is 6.07 Å². The van der Waals surface area contributed by atoms with Crippen molar-refractivity contribution < 1.29 is 14.3 Å². The molecule has 1 aromatic heterocycles. The molecule has 7 heteroatoms. The number of nitrogens with zero attached hydrogens (tertiary/aromatic N) is 2. The Morgan fingerprint density at radius 1 is 1.14 bits per heavy atom. The predicted molar refractivity (Wildman–Crippen MR) is 116 cm³/mol. The van der Waals surface area contributed by atoms with E-state index in [4.69, 9.17) is 9.47 Å². The van der Waals surface area contributed by atoms with Crippen molar-refractivity contribution in [3.8, 4) is 11.5 Å². The summed E-state index contributed by atoms with van der Waals surface area (Å²) in [4.78, 5) is 27.0. The van der Waals surface area contributed by atoms with Crippen LogP contribution in [0.15, 0.2) is 45.8 Å². The van der Waals surface area contributed by atoms with E-state index in [1.807, 2.05) is 23.1 Å². The zero-order valence-corrected chi connectivity index (χ0v) is 18.5. The summed E-state index contributed by atoms with van der Waals surface area (Å²) in [5.74, 6) is 1.43. The first-order chi connectivity index (χ1) is 14.0. The highest BCUT2D eigenvalue weighted by molar-refractivity contribution is 9.10. The monoisotopic (exact) mass is 462 g/mol. The van der Waals surface area contributed by atoms with Crippen molar-refractivity contribution >= 4 is 21.8 Å². The number of carbonyl (C=O) groups excluding carboxylic acids is 1. The molecule has 0 aliphatic carbocycles. The number of amides is 1. The lowest BCUT2D eigenvalue weighted by Gasteiger charge is -2.36. The van der Waals surface area contributed by atoms with Crippen LogP contribution in [-0.2, 0) is 17.8 Å². The van der Waals surface area contributed by atoms with Gasteiger partial charge in [-0.05, 0) is 71.8 Å². The molecule has 0 bridgehead atoms. The minimum atomic E-state index is -0.166. The SMILES string of the molecule is COc1ccc(CCC2CCCCN2C(=O)Cn2cc(Br)ccc2=O)cc1OC. The molecule has 2 heterocycles. The van der Waals surface area contributed by atoms with Crippen molar-refractivity contribution in [1.29, 1.82) is 0 Å². The first-order valence-electron chi connectivity index (χ1n) is 9.88. The van der Waals surface area contributed by atoms with Crippen LogP contribution in [-0.4, -0.2) is 42.2 Å². The number of carbonyl (C=O) groups is 1. The van der Waals surface area contributed by atoms with Gasteiger partial charge in [0.05, 0.1) is 14.2 Å². The summed E-state index contributed by atoms with van der Waals surface area (Å²) in [6, 6.07) is 9.30. The molecule has 1 aliphatic heterocycles. The van der Waals surface area contributed by atoms with E-state index in [1.165, 1.54) is 10.6 Å². The van der Waals surface area contributed by atoms with Crippen molar-refractivity contribution in [1.82, 2.24) is 9.47 Å². The number of pyridine rings is 1. The Hall–Kier alpha value is -2.28. The van der Waals surface area contributed by atoms with E-state index in [9.17, 15) is 9.59 Å². The van der Waals surface area contributed by atoms with Crippen LogP contribution >= 0.6 is 15.9 Å². The maximum atomic E-state index is 13.0. The molecule has 1 atom stereocenters. The number of halogens is 1. The molecular formula is C22H27BrN2O4. The second kappa shape index (κ2) is 9.96. The molecule has 0 saturated carbocycles. The third kappa shape index (κ3) is 5.41. The van der Waals surface area contributed by atoms with Gasteiger partial charge in [-0.3, -0.25) is 9.59 Å². The molecule has 0 spiro atoms. The Kier molecular flexibility index (Phi) is 7.36. The second-order valence-corrected chi connectivity index (χ2v) is 8.19. The van der Waals surface area contributed by atoms with Crippen LogP contribution < -0.4 is 15.0 Å². The topological polar surface area (TPSA) is 60.8 Å². The van der Waals surface area contributed by atoms with Crippen LogP contribution in [0.2, 0.25) is 0 Å². The minimum absolute atomic E-state index is 0.00205. The van der Waals surface area contributed by atoms with Crippen LogP contribution in [0.25, 0.3) is 0 Å². The first kappa shape index (κ1) is 21.4. The molecule has 1 aliphatic rings. The zero-order valence-electron chi connectivity index (χ0n) is 16.9. The second-order valence-electron chi connectivity index (χ2n) is 7.28. The quantitative estimate of drug-likeness (QED) is 0.629. The van der Waals surface area contributed by atoms with E-state index < -0.39 is 0 Å². The average molecular weight is 463 g/mol. The summed E-state index contributed by atoms with van der Waals surface area (Å²) in [5, 5.41) is 0. The molecule has 0 radical (unpaired) electrons. The molecular weight excluding hydrogens is 436 g/mol. The summed E-state index contributed by atoms with van der Waals surface area (Å²) in [6.07, 6.45) is 6.53. The van der Waals surface area contributed by atoms with Crippen LogP contribution in [0.5, 0.6) is 11.5 Å². The Labute approximate surface area is 179 Å². The molecule has 1 aromatic carbocycles. The lowest BCUT2D eigenvalue weighted by Crippen LogP contribution is -2.46. The smallest absolute Gasteiger partial charge is 0.251 e. The number of hydrogen-bond donors (Lipinski definition) is 0. The minimum Gasteiger partial charge on any atom is -0.493 e. The summed E-state index contributed by atoms with van der Waals surface area (Å²) < 4.78 is 12.9. The fourth-order valence-corrected chi connectivity index (χ4v) is 4.24. The van der Waals surface area contributed by atoms with Gasteiger partial charge in [-0.2, -0.15) is 0 Å². The van der Waals surface area contributed by atoms with Crippen LogP contribution in [0, 0.1) is 0 Å². The first-order valence-corrected chi connectivity index (χ1v) is 10.7. The maximum absolute atomic E-state index is 13.0. The molecule has 1 saturated heterocycles. The van der Waals surface area contributed by atoms with Crippen LogP contribution in [0.1, 0.15) is 31.2 Å². The molecule has 6 nitrogen and oxygen atoms in total. The zero-order chi connectivity index (χ0) is 20.8. The lowest BCUT2D eigenvalue weighted by molar-refractivity contribution is -0.135. The average Bonchev–Trinajstić information content (AvgIpc) is 2.74. The third-order valence-electron chi connectivity index (χ3n) is 5.41. The summed E-state index contributed by atoms with van der Waals surface area (Å²) in [7, 11) is 3.26. The van der Waals surface area contributed by atoms with E-state index in [1.54, 1.807) is 26.5 Å². The molecule has 156 valence electrons. The van der Waals surface area contributed by atoms with Crippen molar-refractivity contribution in [3.63, 3.8) is 0 Å². The maximum Gasteiger partial charge on any atom is 0.251 e. The van der Waals surface area contributed by atoms with E-state index in [0.717, 1.165) is 54.4 Å². The van der Waals surface area contributed by atoms with Gasteiger partial charge in [-0.15, -0.1) is 0 Å². The number of piperidine rings is 1. The fourth-order valence-electron chi connectivity index (χ4n) is 3.86. The third-order valence-corrected chi connectivity index (χ3v) is 5.88. The predicted octanol–water partition coefficient (Wildman–Crippen LogP) is 3.64. The van der Waals surface area contributed by atoms with E-state index in [0.29, 0.717) is 5.75 Å². The summed E-state index contributed by atoms with van der Waals surface area (Å²) >= 11 is 3.36. The van der Waals surface area contributed by atoms with Gasteiger partial charge in [-0.25, -0.2) is 0 Å². The fraction of sp³-hybridized carbons (Fsp3) is 0.455. The van der Waals surface area contributed by atoms with Gasteiger partial charge in [0.1, 0.15) is 6.54 Å². The van der Waals surface area contributed by atoms with Gasteiger partial charge in [0.2, 0.25) is 5.91 Å². The van der Waals surface area contributed by atoms with Crippen LogP contribution in [0.4, 0.5) is 0 Å². The highest BCUT2D eigenvalue weighted by Crippen LogP contribution is 2.29. The Morgan fingerprint density at radius 2 is 1.93 bits per heavy atom. The van der Waals surface area contributed by atoms with Crippen molar-refractivity contribution in [2.75, 3.05) is 20.8 Å². The Morgan fingerprint density at radius 3 is 2.69 bits per heavy atom. The normalized spacial score (nSPS) is 16.5. The number of likely N-dealkylation sites (tertiary alicyclic amines) is 1. The highest BCUT2D eigenvalue weighted by Gasteiger charge is 2.26. The molecule has 1 unspecified atom stereocenters. The number of methoxy groups -OCH3 is 2. The molecule has 0 N–H and O–H groups in total. The standard InChI is InChI=1S/C22H27BrN2O4/c1-28-19-10-7-16(13-20(19)29-2)6-9-18-5-3-4-12-25(18)22(27)15-24-14-17(23)8-11-21(24)26/h7-8,10-11,13-14,18H,3-6,9,12,15H2,1-2H3. The Balaban J connectivity index is 1.67.